The van der Waals surface area contributed by atoms with Gasteiger partial charge in [-0.05, 0) is 12.8 Å². The Labute approximate surface area is 77.5 Å². The molecule has 13 heavy (non-hydrogen) atoms. The quantitative estimate of drug-likeness (QED) is 0.597. The van der Waals surface area contributed by atoms with Crippen LogP contribution in [-0.4, -0.2) is 36.9 Å². The molecule has 4 heteroatoms. The van der Waals surface area contributed by atoms with Crippen LogP contribution in [-0.2, 0) is 9.53 Å². The van der Waals surface area contributed by atoms with E-state index in [0.717, 1.165) is 31.8 Å². The summed E-state index contributed by atoms with van der Waals surface area (Å²) in [4.78, 5) is 11.2. The SMILES string of the molecule is CN1N=C(C2CCOCC2)CC1=O. The summed E-state index contributed by atoms with van der Waals surface area (Å²) in [6.07, 6.45) is 2.54. The number of hydrazone groups is 1. The number of carbonyl (C=O) groups is 1. The highest BCUT2D eigenvalue weighted by molar-refractivity contribution is 6.05. The number of nitrogens with zero attached hydrogens (tertiary/aromatic N) is 2. The normalized spacial score (nSPS) is 25.2. The van der Waals surface area contributed by atoms with Gasteiger partial charge in [0.25, 0.3) is 0 Å². The minimum atomic E-state index is 0.112. The Kier molecular flexibility index (Phi) is 2.31. The van der Waals surface area contributed by atoms with Gasteiger partial charge in [0.1, 0.15) is 0 Å². The Morgan fingerprint density at radius 3 is 2.69 bits per heavy atom. The molecule has 4 nitrogen and oxygen atoms in total. The van der Waals surface area contributed by atoms with Gasteiger partial charge < -0.3 is 4.74 Å². The minimum absolute atomic E-state index is 0.112. The van der Waals surface area contributed by atoms with Crippen molar-refractivity contribution in [2.24, 2.45) is 11.0 Å². The highest BCUT2D eigenvalue weighted by atomic mass is 16.5. The largest absolute Gasteiger partial charge is 0.381 e. The van der Waals surface area contributed by atoms with Crippen molar-refractivity contribution in [2.75, 3.05) is 20.3 Å². The molecule has 1 saturated heterocycles. The molecular formula is C9H14N2O2. The van der Waals surface area contributed by atoms with Gasteiger partial charge in [-0.2, -0.15) is 5.10 Å². The van der Waals surface area contributed by atoms with Crippen LogP contribution in [0.1, 0.15) is 19.3 Å². The lowest BCUT2D eigenvalue weighted by Crippen LogP contribution is -2.22. The van der Waals surface area contributed by atoms with E-state index in [2.05, 4.69) is 5.10 Å². The lowest BCUT2D eigenvalue weighted by molar-refractivity contribution is -0.127. The first kappa shape index (κ1) is 8.69. The summed E-state index contributed by atoms with van der Waals surface area (Å²) in [5, 5.41) is 5.69. The van der Waals surface area contributed by atoms with E-state index in [0.29, 0.717) is 12.3 Å². The number of ether oxygens (including phenoxy) is 1. The summed E-state index contributed by atoms with van der Waals surface area (Å²) >= 11 is 0. The summed E-state index contributed by atoms with van der Waals surface area (Å²) in [6.45, 7) is 1.61. The molecule has 2 aliphatic rings. The fraction of sp³-hybridized carbons (Fsp3) is 0.778. The molecule has 2 rings (SSSR count). The zero-order chi connectivity index (χ0) is 9.26. The first-order valence-electron chi connectivity index (χ1n) is 4.69. The predicted molar refractivity (Wildman–Crippen MR) is 48.4 cm³/mol. The van der Waals surface area contributed by atoms with Crippen molar-refractivity contribution in [1.29, 1.82) is 0 Å². The van der Waals surface area contributed by atoms with Crippen molar-refractivity contribution < 1.29 is 9.53 Å². The molecule has 0 radical (unpaired) electrons. The Bertz CT molecular complexity index is 244. The molecule has 0 unspecified atom stereocenters. The highest BCUT2D eigenvalue weighted by Crippen LogP contribution is 2.22. The summed E-state index contributed by atoms with van der Waals surface area (Å²) in [5.74, 6) is 0.587. The third-order valence-corrected chi connectivity index (χ3v) is 2.66. The van der Waals surface area contributed by atoms with E-state index < -0.39 is 0 Å². The summed E-state index contributed by atoms with van der Waals surface area (Å²) in [5.41, 5.74) is 1.05. The van der Waals surface area contributed by atoms with Crippen LogP contribution in [0.4, 0.5) is 0 Å². The van der Waals surface area contributed by atoms with Crippen LogP contribution in [0.5, 0.6) is 0 Å². The van der Waals surface area contributed by atoms with Gasteiger partial charge in [-0.1, -0.05) is 0 Å². The van der Waals surface area contributed by atoms with E-state index >= 15 is 0 Å². The van der Waals surface area contributed by atoms with Crippen molar-refractivity contribution >= 4 is 11.6 Å². The first-order valence-corrected chi connectivity index (χ1v) is 4.69. The van der Waals surface area contributed by atoms with Gasteiger partial charge in [0.05, 0.1) is 12.1 Å². The standard InChI is InChI=1S/C9H14N2O2/c1-11-9(12)6-8(10-11)7-2-4-13-5-3-7/h7H,2-6H2,1H3. The lowest BCUT2D eigenvalue weighted by Gasteiger charge is -2.20. The predicted octanol–water partition coefficient (Wildman–Crippen LogP) is 0.631. The number of amides is 1. The van der Waals surface area contributed by atoms with Crippen molar-refractivity contribution in [1.82, 2.24) is 5.01 Å². The third kappa shape index (κ3) is 1.72. The van der Waals surface area contributed by atoms with Gasteiger partial charge in [0.2, 0.25) is 5.91 Å². The number of hydrogen-bond donors (Lipinski definition) is 0. The Morgan fingerprint density at radius 1 is 1.46 bits per heavy atom. The van der Waals surface area contributed by atoms with Crippen LogP contribution in [0.3, 0.4) is 0 Å². The van der Waals surface area contributed by atoms with E-state index in [9.17, 15) is 4.79 Å². The molecule has 0 spiro atoms. The van der Waals surface area contributed by atoms with Crippen molar-refractivity contribution in [2.45, 2.75) is 19.3 Å². The van der Waals surface area contributed by atoms with Gasteiger partial charge in [-0.25, -0.2) is 5.01 Å². The fourth-order valence-corrected chi connectivity index (χ4v) is 1.81. The summed E-state index contributed by atoms with van der Waals surface area (Å²) in [6, 6.07) is 0. The average molecular weight is 182 g/mol. The van der Waals surface area contributed by atoms with Gasteiger partial charge in [-0.15, -0.1) is 0 Å². The Hall–Kier alpha value is -0.900. The van der Waals surface area contributed by atoms with Crippen LogP contribution in [0, 0.1) is 5.92 Å². The van der Waals surface area contributed by atoms with Crippen molar-refractivity contribution in [3.05, 3.63) is 0 Å². The van der Waals surface area contributed by atoms with Crippen LogP contribution in [0.25, 0.3) is 0 Å². The Balaban J connectivity index is 2.00. The average Bonchev–Trinajstić information content (AvgIpc) is 2.49. The second kappa shape index (κ2) is 3.46. The smallest absolute Gasteiger partial charge is 0.248 e. The number of rotatable bonds is 1. The molecule has 1 fully saturated rings. The number of hydrogen-bond acceptors (Lipinski definition) is 3. The molecule has 72 valence electrons. The van der Waals surface area contributed by atoms with Gasteiger partial charge in [-0.3, -0.25) is 4.79 Å². The molecule has 0 bridgehead atoms. The maximum Gasteiger partial charge on any atom is 0.248 e. The van der Waals surface area contributed by atoms with Gasteiger partial charge >= 0.3 is 0 Å². The molecule has 0 aromatic rings. The van der Waals surface area contributed by atoms with Crippen LogP contribution < -0.4 is 0 Å². The maximum absolute atomic E-state index is 11.2. The maximum atomic E-state index is 11.2. The first-order chi connectivity index (χ1) is 6.27. The van der Waals surface area contributed by atoms with Gasteiger partial charge in [0.15, 0.2) is 0 Å². The second-order valence-corrected chi connectivity index (χ2v) is 3.57. The molecule has 0 atom stereocenters. The number of carbonyl (C=O) groups excluding carboxylic acids is 1. The molecule has 2 aliphatic heterocycles. The molecule has 0 aromatic carbocycles. The minimum Gasteiger partial charge on any atom is -0.381 e. The molecule has 0 N–H and O–H groups in total. The molecule has 2 heterocycles. The molecule has 0 saturated carbocycles. The van der Waals surface area contributed by atoms with E-state index in [-0.39, 0.29) is 5.91 Å². The molecule has 0 aromatic heterocycles. The van der Waals surface area contributed by atoms with E-state index in [1.807, 2.05) is 0 Å². The highest BCUT2D eigenvalue weighted by Gasteiger charge is 2.27. The van der Waals surface area contributed by atoms with Gasteiger partial charge in [0, 0.05) is 26.2 Å². The molecular weight excluding hydrogens is 168 g/mol. The molecule has 1 amide bonds. The van der Waals surface area contributed by atoms with E-state index in [4.69, 9.17) is 4.74 Å². The zero-order valence-electron chi connectivity index (χ0n) is 7.82. The van der Waals surface area contributed by atoms with E-state index in [1.165, 1.54) is 5.01 Å². The summed E-state index contributed by atoms with van der Waals surface area (Å²) < 4.78 is 5.26. The van der Waals surface area contributed by atoms with Crippen LogP contribution in [0.2, 0.25) is 0 Å². The second-order valence-electron chi connectivity index (χ2n) is 3.57. The summed E-state index contributed by atoms with van der Waals surface area (Å²) in [7, 11) is 1.72. The zero-order valence-corrected chi connectivity index (χ0v) is 7.82. The third-order valence-electron chi connectivity index (χ3n) is 2.66. The fourth-order valence-electron chi connectivity index (χ4n) is 1.81. The lowest BCUT2D eigenvalue weighted by atomic mass is 9.93. The Morgan fingerprint density at radius 2 is 2.15 bits per heavy atom. The monoisotopic (exact) mass is 182 g/mol. The molecule has 0 aliphatic carbocycles. The van der Waals surface area contributed by atoms with Crippen LogP contribution in [0.15, 0.2) is 5.10 Å². The van der Waals surface area contributed by atoms with Crippen LogP contribution >= 0.6 is 0 Å². The van der Waals surface area contributed by atoms with E-state index in [1.54, 1.807) is 7.05 Å². The van der Waals surface area contributed by atoms with Crippen molar-refractivity contribution in [3.63, 3.8) is 0 Å². The topological polar surface area (TPSA) is 41.9 Å². The van der Waals surface area contributed by atoms with Crippen molar-refractivity contribution in [3.8, 4) is 0 Å².